The minimum atomic E-state index is -0.0455. The maximum absolute atomic E-state index is 12.8. The lowest BCUT2D eigenvalue weighted by molar-refractivity contribution is 0.0951. The fourth-order valence-corrected chi connectivity index (χ4v) is 4.51. The number of nitrogen functional groups attached to an aromatic ring is 1. The molecule has 1 amide bonds. The summed E-state index contributed by atoms with van der Waals surface area (Å²) in [7, 11) is 2.13. The number of fused-ring (bicyclic) bond motifs is 4. The van der Waals surface area contributed by atoms with E-state index < -0.39 is 0 Å². The van der Waals surface area contributed by atoms with Crippen molar-refractivity contribution in [1.29, 1.82) is 0 Å². The van der Waals surface area contributed by atoms with Crippen LogP contribution in [0.15, 0.2) is 48.7 Å². The number of aryl methyl sites for hydroxylation is 2. The van der Waals surface area contributed by atoms with Crippen LogP contribution in [0.4, 0.5) is 5.82 Å². The van der Waals surface area contributed by atoms with Gasteiger partial charge in [-0.15, -0.1) is 0 Å². The maximum atomic E-state index is 12.8. The number of nitrogens with one attached hydrogen (secondary N) is 1. The SMILES string of the molecule is Cn1c2c(c3cc(C(=O)NCc4ccc5cc(N)ncc5c4)ccc31)CCCC2. The Morgan fingerprint density at radius 1 is 1.10 bits per heavy atom. The molecule has 0 radical (unpaired) electrons. The van der Waals surface area contributed by atoms with Crippen molar-refractivity contribution in [3.8, 4) is 0 Å². The highest BCUT2D eigenvalue weighted by Gasteiger charge is 2.19. The van der Waals surface area contributed by atoms with Gasteiger partial charge in [-0.25, -0.2) is 4.98 Å². The summed E-state index contributed by atoms with van der Waals surface area (Å²) in [6.45, 7) is 0.476. The normalized spacial score (nSPS) is 13.6. The van der Waals surface area contributed by atoms with Gasteiger partial charge in [0.25, 0.3) is 5.91 Å². The molecule has 0 bridgehead atoms. The summed E-state index contributed by atoms with van der Waals surface area (Å²) in [6, 6.07) is 14.0. The van der Waals surface area contributed by atoms with E-state index in [4.69, 9.17) is 5.73 Å². The van der Waals surface area contributed by atoms with E-state index in [9.17, 15) is 4.79 Å². The Hall–Kier alpha value is -3.34. The van der Waals surface area contributed by atoms with Gasteiger partial charge in [-0.3, -0.25) is 4.79 Å². The van der Waals surface area contributed by atoms with Crippen molar-refractivity contribution in [2.75, 3.05) is 5.73 Å². The number of carbonyl (C=O) groups is 1. The van der Waals surface area contributed by atoms with Gasteiger partial charge in [-0.05, 0) is 72.5 Å². The molecule has 29 heavy (non-hydrogen) atoms. The minimum absolute atomic E-state index is 0.0455. The van der Waals surface area contributed by atoms with Gasteiger partial charge in [0, 0.05) is 47.3 Å². The Morgan fingerprint density at radius 3 is 2.86 bits per heavy atom. The molecule has 1 aliphatic rings. The van der Waals surface area contributed by atoms with E-state index in [2.05, 4.69) is 34.0 Å². The first-order valence-electron chi connectivity index (χ1n) is 10.1. The van der Waals surface area contributed by atoms with E-state index in [-0.39, 0.29) is 5.91 Å². The molecule has 1 aliphatic carbocycles. The number of nitrogens with zero attached hydrogens (tertiary/aromatic N) is 2. The highest BCUT2D eigenvalue weighted by molar-refractivity contribution is 5.99. The molecule has 0 spiro atoms. The van der Waals surface area contributed by atoms with Crippen molar-refractivity contribution in [1.82, 2.24) is 14.9 Å². The summed E-state index contributed by atoms with van der Waals surface area (Å²) in [4.78, 5) is 16.9. The number of anilines is 1. The molecule has 0 saturated heterocycles. The number of hydrogen-bond acceptors (Lipinski definition) is 3. The average molecular weight is 384 g/mol. The van der Waals surface area contributed by atoms with Gasteiger partial charge in [0.2, 0.25) is 0 Å². The minimum Gasteiger partial charge on any atom is -0.384 e. The van der Waals surface area contributed by atoms with Crippen LogP contribution in [-0.2, 0) is 26.4 Å². The standard InChI is InChI=1S/C24H24N4O/c1-28-21-5-3-2-4-19(21)20-11-17(8-9-22(20)28)24(29)27-13-15-6-7-16-12-23(25)26-14-18(16)10-15/h6-12,14H,2-5,13H2,1H3,(H2,25,26)(H,27,29). The third-order valence-electron chi connectivity index (χ3n) is 6.05. The van der Waals surface area contributed by atoms with Crippen molar-refractivity contribution in [2.45, 2.75) is 32.2 Å². The fourth-order valence-electron chi connectivity index (χ4n) is 4.51. The highest BCUT2D eigenvalue weighted by Crippen LogP contribution is 2.32. The first-order valence-corrected chi connectivity index (χ1v) is 10.1. The number of amides is 1. The van der Waals surface area contributed by atoms with Crippen LogP contribution < -0.4 is 11.1 Å². The second-order valence-corrected chi connectivity index (χ2v) is 7.90. The Morgan fingerprint density at radius 2 is 1.97 bits per heavy atom. The molecule has 0 fully saturated rings. The molecule has 4 aromatic rings. The average Bonchev–Trinajstić information content (AvgIpc) is 3.04. The van der Waals surface area contributed by atoms with Crippen LogP contribution >= 0.6 is 0 Å². The van der Waals surface area contributed by atoms with Crippen LogP contribution in [-0.4, -0.2) is 15.5 Å². The van der Waals surface area contributed by atoms with E-state index in [0.717, 1.165) is 29.2 Å². The van der Waals surface area contributed by atoms with Gasteiger partial charge >= 0.3 is 0 Å². The first kappa shape index (κ1) is 17.7. The Labute approximate surface area is 169 Å². The smallest absolute Gasteiger partial charge is 0.251 e. The van der Waals surface area contributed by atoms with Gasteiger partial charge in [-0.2, -0.15) is 0 Å². The third-order valence-corrected chi connectivity index (χ3v) is 6.05. The van der Waals surface area contributed by atoms with E-state index in [1.165, 1.54) is 35.0 Å². The lowest BCUT2D eigenvalue weighted by atomic mass is 9.95. The number of nitrogens with two attached hydrogens (primary N) is 1. The van der Waals surface area contributed by atoms with E-state index in [1.807, 2.05) is 30.3 Å². The number of benzene rings is 2. The zero-order chi connectivity index (χ0) is 20.0. The quantitative estimate of drug-likeness (QED) is 0.558. The van der Waals surface area contributed by atoms with E-state index in [1.54, 1.807) is 6.20 Å². The molecule has 5 heteroatoms. The molecular formula is C24H24N4O. The molecule has 0 aliphatic heterocycles. The maximum Gasteiger partial charge on any atom is 0.251 e. The second kappa shape index (κ2) is 6.92. The molecule has 2 aromatic heterocycles. The Kier molecular flexibility index (Phi) is 4.23. The number of aromatic nitrogens is 2. The lowest BCUT2D eigenvalue weighted by Crippen LogP contribution is -2.22. The zero-order valence-electron chi connectivity index (χ0n) is 16.5. The van der Waals surface area contributed by atoms with Crippen LogP contribution in [0.5, 0.6) is 0 Å². The monoisotopic (exact) mass is 384 g/mol. The van der Waals surface area contributed by atoms with Crippen molar-refractivity contribution in [2.24, 2.45) is 7.05 Å². The molecule has 5 nitrogen and oxygen atoms in total. The Balaban J connectivity index is 1.38. The van der Waals surface area contributed by atoms with E-state index >= 15 is 0 Å². The number of pyridine rings is 1. The largest absolute Gasteiger partial charge is 0.384 e. The van der Waals surface area contributed by atoms with Crippen LogP contribution in [0.1, 0.15) is 40.0 Å². The predicted octanol–water partition coefficient (Wildman–Crippen LogP) is 4.12. The molecule has 0 unspecified atom stereocenters. The lowest BCUT2D eigenvalue weighted by Gasteiger charge is -2.13. The number of rotatable bonds is 3. The summed E-state index contributed by atoms with van der Waals surface area (Å²) >= 11 is 0. The molecule has 2 aromatic carbocycles. The van der Waals surface area contributed by atoms with Gasteiger partial charge in [0.05, 0.1) is 0 Å². The summed E-state index contributed by atoms with van der Waals surface area (Å²) in [5.74, 6) is 0.466. The van der Waals surface area contributed by atoms with Crippen LogP contribution in [0.2, 0.25) is 0 Å². The van der Waals surface area contributed by atoms with Gasteiger partial charge in [-0.1, -0.05) is 12.1 Å². The summed E-state index contributed by atoms with van der Waals surface area (Å²) in [5, 5.41) is 6.34. The van der Waals surface area contributed by atoms with Crippen molar-refractivity contribution in [3.05, 3.63) is 71.0 Å². The van der Waals surface area contributed by atoms with Gasteiger partial charge in [0.1, 0.15) is 5.82 Å². The molecular weight excluding hydrogens is 360 g/mol. The first-order chi connectivity index (χ1) is 14.1. The molecule has 2 heterocycles. The Bertz CT molecular complexity index is 1250. The predicted molar refractivity (Wildman–Crippen MR) is 117 cm³/mol. The van der Waals surface area contributed by atoms with Crippen molar-refractivity contribution in [3.63, 3.8) is 0 Å². The van der Waals surface area contributed by atoms with E-state index in [0.29, 0.717) is 17.9 Å². The van der Waals surface area contributed by atoms with Gasteiger partial charge < -0.3 is 15.6 Å². The zero-order valence-corrected chi connectivity index (χ0v) is 16.5. The number of carbonyl (C=O) groups excluding carboxylic acids is 1. The molecule has 146 valence electrons. The molecule has 5 rings (SSSR count). The summed E-state index contributed by atoms with van der Waals surface area (Å²) < 4.78 is 2.29. The summed E-state index contributed by atoms with van der Waals surface area (Å²) in [5.41, 5.74) is 11.6. The van der Waals surface area contributed by atoms with Gasteiger partial charge in [0.15, 0.2) is 0 Å². The highest BCUT2D eigenvalue weighted by atomic mass is 16.1. The molecule has 3 N–H and O–H groups in total. The molecule has 0 atom stereocenters. The van der Waals surface area contributed by atoms with Crippen LogP contribution in [0.25, 0.3) is 21.7 Å². The fraction of sp³-hybridized carbons (Fsp3) is 0.250. The summed E-state index contributed by atoms with van der Waals surface area (Å²) in [6.07, 6.45) is 6.48. The molecule has 0 saturated carbocycles. The number of hydrogen-bond donors (Lipinski definition) is 2. The third kappa shape index (κ3) is 3.12. The van der Waals surface area contributed by atoms with Crippen molar-refractivity contribution >= 4 is 33.4 Å². The van der Waals surface area contributed by atoms with Crippen LogP contribution in [0, 0.1) is 0 Å². The van der Waals surface area contributed by atoms with Crippen LogP contribution in [0.3, 0.4) is 0 Å². The topological polar surface area (TPSA) is 72.9 Å². The van der Waals surface area contributed by atoms with Crippen molar-refractivity contribution < 1.29 is 4.79 Å². The second-order valence-electron chi connectivity index (χ2n) is 7.90.